The van der Waals surface area contributed by atoms with E-state index in [0.717, 1.165) is 31.4 Å². The number of non-ortho nitro benzene ring substituents is 1. The van der Waals surface area contributed by atoms with Gasteiger partial charge in [0, 0.05) is 31.4 Å². The van der Waals surface area contributed by atoms with Crippen LogP contribution in [0.15, 0.2) is 48.7 Å². The molecule has 1 aromatic carbocycles. The number of rotatable bonds is 5. The van der Waals surface area contributed by atoms with E-state index in [1.54, 1.807) is 18.2 Å². The maximum Gasteiger partial charge on any atom is 0.271 e. The number of nitrogens with one attached hydrogen (secondary N) is 1. The summed E-state index contributed by atoms with van der Waals surface area (Å²) >= 11 is 0. The molecule has 1 N–H and O–H groups in total. The highest BCUT2D eigenvalue weighted by molar-refractivity contribution is 5.94. The van der Waals surface area contributed by atoms with Crippen molar-refractivity contribution in [2.24, 2.45) is 7.05 Å². The molecule has 1 amide bonds. The highest BCUT2D eigenvalue weighted by Gasteiger charge is 2.23. The van der Waals surface area contributed by atoms with E-state index >= 15 is 0 Å². The summed E-state index contributed by atoms with van der Waals surface area (Å²) in [5.41, 5.74) is 2.30. The van der Waals surface area contributed by atoms with E-state index in [1.807, 2.05) is 29.9 Å². The van der Waals surface area contributed by atoms with Crippen LogP contribution >= 0.6 is 0 Å². The maximum atomic E-state index is 13.1. The molecule has 0 radical (unpaired) electrons. The summed E-state index contributed by atoms with van der Waals surface area (Å²) in [5, 5.41) is 18.9. The monoisotopic (exact) mass is 393 g/mol. The number of amides is 1. The summed E-state index contributed by atoms with van der Waals surface area (Å²) in [6, 6.07) is 11.9. The van der Waals surface area contributed by atoms with Crippen molar-refractivity contribution in [3.8, 4) is 17.1 Å². The van der Waals surface area contributed by atoms with Crippen molar-refractivity contribution in [3.63, 3.8) is 0 Å². The third kappa shape index (κ3) is 3.91. The lowest BCUT2D eigenvalue weighted by molar-refractivity contribution is -0.384. The number of nitro groups is 1. The highest BCUT2D eigenvalue weighted by atomic mass is 16.6. The van der Waals surface area contributed by atoms with Gasteiger partial charge in [0.05, 0.1) is 16.3 Å². The number of hydrogen-bond acceptors (Lipinski definition) is 4. The Kier molecular flexibility index (Phi) is 5.16. The molecule has 1 aliphatic carbocycles. The third-order valence-electron chi connectivity index (χ3n) is 5.37. The molecule has 0 saturated heterocycles. The minimum Gasteiger partial charge on any atom is -0.349 e. The number of carbonyl (C=O) groups excluding carboxylic acids is 1. The Morgan fingerprint density at radius 2 is 1.97 bits per heavy atom. The van der Waals surface area contributed by atoms with Gasteiger partial charge >= 0.3 is 0 Å². The van der Waals surface area contributed by atoms with E-state index in [-0.39, 0.29) is 17.6 Å². The smallest absolute Gasteiger partial charge is 0.271 e. The van der Waals surface area contributed by atoms with Crippen molar-refractivity contribution in [2.75, 3.05) is 0 Å². The molecular formula is C21H23N5O3. The molecular weight excluding hydrogens is 370 g/mol. The lowest BCUT2D eigenvalue weighted by atomic mass is 9.95. The van der Waals surface area contributed by atoms with Crippen molar-refractivity contribution < 1.29 is 9.72 Å². The molecule has 1 aliphatic rings. The zero-order chi connectivity index (χ0) is 20.4. The zero-order valence-corrected chi connectivity index (χ0v) is 16.2. The highest BCUT2D eigenvalue weighted by Crippen LogP contribution is 2.25. The molecule has 3 aromatic rings. The quantitative estimate of drug-likeness (QED) is 0.526. The third-order valence-corrected chi connectivity index (χ3v) is 5.37. The molecule has 0 unspecified atom stereocenters. The summed E-state index contributed by atoms with van der Waals surface area (Å²) in [4.78, 5) is 23.8. The van der Waals surface area contributed by atoms with E-state index in [9.17, 15) is 14.9 Å². The molecule has 29 heavy (non-hydrogen) atoms. The predicted octanol–water partition coefficient (Wildman–Crippen LogP) is 3.85. The Bertz CT molecular complexity index is 1050. The lowest BCUT2D eigenvalue weighted by Crippen LogP contribution is -2.37. The van der Waals surface area contributed by atoms with Crippen molar-refractivity contribution in [2.45, 2.75) is 38.1 Å². The number of hydrogen-bond donors (Lipinski definition) is 1. The second-order valence-electron chi connectivity index (χ2n) is 7.42. The van der Waals surface area contributed by atoms with Gasteiger partial charge in [0.2, 0.25) is 0 Å². The number of nitro benzene ring substituents is 1. The SMILES string of the molecule is Cn1cccc1-c1cc(C(=O)NC2CCCCC2)n(-c2cccc([N+](=O)[O-])c2)n1. The lowest BCUT2D eigenvalue weighted by Gasteiger charge is -2.22. The first-order valence-corrected chi connectivity index (χ1v) is 9.80. The van der Waals surface area contributed by atoms with Crippen molar-refractivity contribution in [1.82, 2.24) is 19.7 Å². The van der Waals surface area contributed by atoms with Gasteiger partial charge in [-0.25, -0.2) is 4.68 Å². The predicted molar refractivity (Wildman–Crippen MR) is 109 cm³/mol. The zero-order valence-electron chi connectivity index (χ0n) is 16.2. The first kappa shape index (κ1) is 18.9. The maximum absolute atomic E-state index is 13.1. The first-order valence-electron chi connectivity index (χ1n) is 9.80. The van der Waals surface area contributed by atoms with E-state index < -0.39 is 4.92 Å². The molecule has 0 aliphatic heterocycles. The Morgan fingerprint density at radius 3 is 2.66 bits per heavy atom. The largest absolute Gasteiger partial charge is 0.349 e. The fourth-order valence-electron chi connectivity index (χ4n) is 3.84. The second kappa shape index (κ2) is 7.90. The molecule has 4 rings (SSSR count). The average Bonchev–Trinajstić information content (AvgIpc) is 3.35. The minimum atomic E-state index is -0.452. The van der Waals surface area contributed by atoms with Gasteiger partial charge in [0.1, 0.15) is 11.4 Å². The van der Waals surface area contributed by atoms with Gasteiger partial charge in [-0.2, -0.15) is 5.10 Å². The number of aromatic nitrogens is 3. The minimum absolute atomic E-state index is 0.0444. The number of carbonyl (C=O) groups is 1. The van der Waals surface area contributed by atoms with Crippen molar-refractivity contribution in [1.29, 1.82) is 0 Å². The van der Waals surface area contributed by atoms with Crippen LogP contribution in [0, 0.1) is 10.1 Å². The van der Waals surface area contributed by atoms with Gasteiger partial charge in [-0.15, -0.1) is 0 Å². The van der Waals surface area contributed by atoms with Crippen molar-refractivity contribution in [3.05, 3.63) is 64.5 Å². The van der Waals surface area contributed by atoms with E-state index in [4.69, 9.17) is 0 Å². The Labute approximate surface area is 168 Å². The molecule has 0 spiro atoms. The molecule has 1 fully saturated rings. The van der Waals surface area contributed by atoms with Gasteiger partial charge in [0.15, 0.2) is 0 Å². The van der Waals surface area contributed by atoms with Crippen LogP contribution in [0.3, 0.4) is 0 Å². The Morgan fingerprint density at radius 1 is 1.17 bits per heavy atom. The van der Waals surface area contributed by atoms with Crippen LogP contribution < -0.4 is 5.32 Å². The molecule has 1 saturated carbocycles. The van der Waals surface area contributed by atoms with Crippen LogP contribution in [0.1, 0.15) is 42.6 Å². The fraction of sp³-hybridized carbons (Fsp3) is 0.333. The first-order chi connectivity index (χ1) is 14.0. The van der Waals surface area contributed by atoms with Crippen LogP contribution in [0.5, 0.6) is 0 Å². The van der Waals surface area contributed by atoms with Crippen LogP contribution in [0.4, 0.5) is 5.69 Å². The summed E-state index contributed by atoms with van der Waals surface area (Å²) in [6.07, 6.45) is 7.29. The molecule has 8 nitrogen and oxygen atoms in total. The van der Waals surface area contributed by atoms with E-state index in [0.29, 0.717) is 17.1 Å². The van der Waals surface area contributed by atoms with Gasteiger partial charge in [-0.1, -0.05) is 25.3 Å². The van der Waals surface area contributed by atoms with Gasteiger partial charge < -0.3 is 9.88 Å². The molecule has 0 bridgehead atoms. The van der Waals surface area contributed by atoms with Crippen LogP contribution in [0.2, 0.25) is 0 Å². The standard InChI is InChI=1S/C21H23N5O3/c1-24-12-6-11-19(24)18-14-20(21(27)22-15-7-3-2-4-8-15)25(23-18)16-9-5-10-17(13-16)26(28)29/h5-6,9-15H,2-4,7-8H2,1H3,(H,22,27). The van der Waals surface area contributed by atoms with Crippen LogP contribution in [-0.2, 0) is 7.05 Å². The van der Waals surface area contributed by atoms with Gasteiger partial charge in [-0.05, 0) is 37.1 Å². The van der Waals surface area contributed by atoms with Gasteiger partial charge in [-0.3, -0.25) is 14.9 Å². The summed E-state index contributed by atoms with van der Waals surface area (Å²) in [5.74, 6) is -0.212. The second-order valence-corrected chi connectivity index (χ2v) is 7.42. The molecule has 0 atom stereocenters. The number of aryl methyl sites for hydroxylation is 1. The fourth-order valence-corrected chi connectivity index (χ4v) is 3.84. The molecule has 150 valence electrons. The van der Waals surface area contributed by atoms with Crippen molar-refractivity contribution >= 4 is 11.6 Å². The van der Waals surface area contributed by atoms with Crippen LogP contribution in [-0.4, -0.2) is 31.2 Å². The Balaban J connectivity index is 1.75. The molecule has 2 heterocycles. The normalized spacial score (nSPS) is 14.7. The number of benzene rings is 1. The summed E-state index contributed by atoms with van der Waals surface area (Å²) < 4.78 is 3.41. The van der Waals surface area contributed by atoms with E-state index in [2.05, 4.69) is 10.4 Å². The summed E-state index contributed by atoms with van der Waals surface area (Å²) in [7, 11) is 1.91. The van der Waals surface area contributed by atoms with E-state index in [1.165, 1.54) is 23.2 Å². The topological polar surface area (TPSA) is 95.0 Å². The average molecular weight is 393 g/mol. The molecule has 8 heteroatoms. The summed E-state index contributed by atoms with van der Waals surface area (Å²) in [6.45, 7) is 0. The van der Waals surface area contributed by atoms with Gasteiger partial charge in [0.25, 0.3) is 11.6 Å². The number of nitrogens with zero attached hydrogens (tertiary/aromatic N) is 4. The molecule has 2 aromatic heterocycles. The Hall–Kier alpha value is -3.42. The van der Waals surface area contributed by atoms with Crippen LogP contribution in [0.25, 0.3) is 17.1 Å².